The molecule has 0 spiro atoms. The van der Waals surface area contributed by atoms with E-state index in [0.717, 1.165) is 23.4 Å². The summed E-state index contributed by atoms with van der Waals surface area (Å²) >= 11 is 6.07. The Morgan fingerprint density at radius 3 is 2.36 bits per heavy atom. The van der Waals surface area contributed by atoms with Crippen molar-refractivity contribution in [2.75, 3.05) is 23.7 Å². The van der Waals surface area contributed by atoms with E-state index in [1.165, 1.54) is 5.56 Å². The molecule has 0 aromatic heterocycles. The highest BCUT2D eigenvalue weighted by Crippen LogP contribution is 2.26. The average molecular weight is 381 g/mol. The second-order valence-corrected chi connectivity index (χ2v) is 7.97. The fourth-order valence-corrected chi connectivity index (χ4v) is 3.54. The van der Waals surface area contributed by atoms with E-state index in [1.807, 2.05) is 30.3 Å². The van der Waals surface area contributed by atoms with Gasteiger partial charge in [-0.05, 0) is 30.5 Å². The molecule has 7 heteroatoms. The minimum Gasteiger partial charge on any atom is -0.355 e. The summed E-state index contributed by atoms with van der Waals surface area (Å²) in [6, 6.07) is 16.5. The number of carbonyl (C=O) groups excluding carboxylic acids is 1. The highest BCUT2D eigenvalue weighted by atomic mass is 35.5. The highest BCUT2D eigenvalue weighted by molar-refractivity contribution is 7.92. The van der Waals surface area contributed by atoms with Crippen LogP contribution in [0.1, 0.15) is 12.0 Å². The summed E-state index contributed by atoms with van der Waals surface area (Å²) in [7, 11) is -3.62. The Balaban J connectivity index is 1.91. The number of nitrogens with zero attached hydrogens (tertiary/aromatic N) is 1. The summed E-state index contributed by atoms with van der Waals surface area (Å²) in [5, 5.41) is 3.04. The maximum atomic E-state index is 12.1. The van der Waals surface area contributed by atoms with Gasteiger partial charge in [0, 0.05) is 6.54 Å². The first-order chi connectivity index (χ1) is 11.9. The van der Waals surface area contributed by atoms with Crippen LogP contribution in [0.25, 0.3) is 0 Å². The number of anilines is 1. The van der Waals surface area contributed by atoms with E-state index in [1.54, 1.807) is 24.3 Å². The van der Waals surface area contributed by atoms with Gasteiger partial charge >= 0.3 is 0 Å². The van der Waals surface area contributed by atoms with Crippen LogP contribution in [-0.4, -0.2) is 33.7 Å². The number of para-hydroxylation sites is 1. The minimum absolute atomic E-state index is 0.282. The van der Waals surface area contributed by atoms with Crippen molar-refractivity contribution in [3.63, 3.8) is 0 Å². The molecule has 1 amide bonds. The standard InChI is InChI=1S/C18H21ClN2O3S/c1-25(23,24)21(17-12-6-5-11-16(17)19)14-18(22)20-13-7-10-15-8-3-2-4-9-15/h2-6,8-9,11-12H,7,10,13-14H2,1H3,(H,20,22). The fraction of sp³-hybridized carbons (Fsp3) is 0.278. The van der Waals surface area contributed by atoms with Crippen LogP contribution in [-0.2, 0) is 21.2 Å². The van der Waals surface area contributed by atoms with E-state index >= 15 is 0 Å². The second-order valence-electron chi connectivity index (χ2n) is 5.66. The SMILES string of the molecule is CS(=O)(=O)N(CC(=O)NCCCc1ccccc1)c1ccccc1Cl. The van der Waals surface area contributed by atoms with Gasteiger partial charge in [-0.1, -0.05) is 54.1 Å². The molecule has 0 atom stereocenters. The summed E-state index contributed by atoms with van der Waals surface area (Å²) in [6.07, 6.45) is 2.68. The van der Waals surface area contributed by atoms with Crippen LogP contribution in [0.3, 0.4) is 0 Å². The third-order valence-corrected chi connectivity index (χ3v) is 5.06. The van der Waals surface area contributed by atoms with E-state index in [9.17, 15) is 13.2 Å². The molecule has 2 rings (SSSR count). The minimum atomic E-state index is -3.62. The molecule has 0 saturated heterocycles. The van der Waals surface area contributed by atoms with E-state index < -0.39 is 10.0 Å². The molecule has 0 fully saturated rings. The van der Waals surface area contributed by atoms with Gasteiger partial charge in [-0.2, -0.15) is 0 Å². The zero-order chi connectivity index (χ0) is 18.3. The maximum absolute atomic E-state index is 12.1. The number of aryl methyl sites for hydroxylation is 1. The van der Waals surface area contributed by atoms with Crippen LogP contribution >= 0.6 is 11.6 Å². The predicted molar refractivity (Wildman–Crippen MR) is 101 cm³/mol. The molecule has 0 aliphatic rings. The summed E-state index contributed by atoms with van der Waals surface area (Å²) in [6.45, 7) is 0.182. The molecule has 134 valence electrons. The van der Waals surface area contributed by atoms with Crippen molar-refractivity contribution < 1.29 is 13.2 Å². The highest BCUT2D eigenvalue weighted by Gasteiger charge is 2.22. The Labute approximate surface area is 153 Å². The molecule has 0 aliphatic carbocycles. The van der Waals surface area contributed by atoms with Gasteiger partial charge < -0.3 is 5.32 Å². The van der Waals surface area contributed by atoms with Gasteiger partial charge in [0.25, 0.3) is 0 Å². The molecular weight excluding hydrogens is 360 g/mol. The molecule has 0 heterocycles. The van der Waals surface area contributed by atoms with Crippen molar-refractivity contribution in [2.24, 2.45) is 0 Å². The van der Waals surface area contributed by atoms with Crippen LogP contribution in [0.2, 0.25) is 5.02 Å². The van der Waals surface area contributed by atoms with E-state index in [2.05, 4.69) is 5.32 Å². The molecule has 0 bridgehead atoms. The lowest BCUT2D eigenvalue weighted by Crippen LogP contribution is -2.40. The summed E-state index contributed by atoms with van der Waals surface area (Å²) in [5.41, 5.74) is 1.50. The molecule has 5 nitrogen and oxygen atoms in total. The third-order valence-electron chi connectivity index (χ3n) is 3.62. The molecule has 0 aliphatic heterocycles. The van der Waals surface area contributed by atoms with Crippen LogP contribution in [0.4, 0.5) is 5.69 Å². The first kappa shape index (κ1) is 19.3. The number of carbonyl (C=O) groups is 1. The fourth-order valence-electron chi connectivity index (χ4n) is 2.39. The number of halogens is 1. The normalized spacial score (nSPS) is 11.1. The van der Waals surface area contributed by atoms with Crippen LogP contribution < -0.4 is 9.62 Å². The monoisotopic (exact) mass is 380 g/mol. The largest absolute Gasteiger partial charge is 0.355 e. The second kappa shape index (κ2) is 8.87. The number of sulfonamides is 1. The maximum Gasteiger partial charge on any atom is 0.240 e. The van der Waals surface area contributed by atoms with E-state index in [4.69, 9.17) is 11.6 Å². The van der Waals surface area contributed by atoms with Crippen LogP contribution in [0.5, 0.6) is 0 Å². The number of hydrogen-bond donors (Lipinski definition) is 1. The zero-order valence-electron chi connectivity index (χ0n) is 14.0. The molecule has 2 aromatic carbocycles. The Kier molecular flexibility index (Phi) is 6.84. The molecular formula is C18H21ClN2O3S. The van der Waals surface area contributed by atoms with Gasteiger partial charge in [0.15, 0.2) is 0 Å². The molecule has 2 aromatic rings. The molecule has 0 radical (unpaired) electrons. The number of benzene rings is 2. The smallest absolute Gasteiger partial charge is 0.240 e. The Morgan fingerprint density at radius 1 is 1.08 bits per heavy atom. The van der Waals surface area contributed by atoms with Gasteiger partial charge in [-0.25, -0.2) is 8.42 Å². The summed E-state index contributed by atoms with van der Waals surface area (Å²) in [4.78, 5) is 12.1. The average Bonchev–Trinajstić information content (AvgIpc) is 2.57. The lowest BCUT2D eigenvalue weighted by atomic mass is 10.1. The predicted octanol–water partition coefficient (Wildman–Crippen LogP) is 2.86. The van der Waals surface area contributed by atoms with Gasteiger partial charge in [-0.3, -0.25) is 9.10 Å². The van der Waals surface area contributed by atoms with E-state index in [0.29, 0.717) is 12.2 Å². The van der Waals surface area contributed by atoms with E-state index in [-0.39, 0.29) is 17.5 Å². The van der Waals surface area contributed by atoms with Gasteiger partial charge in [0.1, 0.15) is 6.54 Å². The Morgan fingerprint density at radius 2 is 1.72 bits per heavy atom. The third kappa shape index (κ3) is 6.07. The van der Waals surface area contributed by atoms with Crippen molar-refractivity contribution in [1.29, 1.82) is 0 Å². The first-order valence-electron chi connectivity index (χ1n) is 7.91. The number of hydrogen-bond acceptors (Lipinski definition) is 3. The quantitative estimate of drug-likeness (QED) is 0.716. The number of amides is 1. The molecule has 0 saturated carbocycles. The lowest BCUT2D eigenvalue weighted by Gasteiger charge is -2.22. The van der Waals surface area contributed by atoms with Gasteiger partial charge in [0.2, 0.25) is 15.9 Å². The molecule has 0 unspecified atom stereocenters. The summed E-state index contributed by atoms with van der Waals surface area (Å²) < 4.78 is 25.1. The van der Waals surface area contributed by atoms with Crippen LogP contribution in [0, 0.1) is 0 Å². The topological polar surface area (TPSA) is 66.5 Å². The summed E-state index contributed by atoms with van der Waals surface area (Å²) in [5.74, 6) is -0.363. The van der Waals surface area contributed by atoms with Crippen molar-refractivity contribution >= 4 is 33.2 Å². The Hall–Kier alpha value is -2.05. The van der Waals surface area contributed by atoms with Crippen LogP contribution in [0.15, 0.2) is 54.6 Å². The van der Waals surface area contributed by atoms with Crippen molar-refractivity contribution in [3.8, 4) is 0 Å². The van der Waals surface area contributed by atoms with Gasteiger partial charge in [0.05, 0.1) is 17.0 Å². The first-order valence-corrected chi connectivity index (χ1v) is 10.1. The molecule has 25 heavy (non-hydrogen) atoms. The Bertz CT molecular complexity index is 810. The zero-order valence-corrected chi connectivity index (χ0v) is 15.6. The van der Waals surface area contributed by atoms with Crippen molar-refractivity contribution in [3.05, 3.63) is 65.2 Å². The van der Waals surface area contributed by atoms with Gasteiger partial charge in [-0.15, -0.1) is 0 Å². The number of rotatable bonds is 8. The molecule has 1 N–H and O–H groups in total. The number of nitrogens with one attached hydrogen (secondary N) is 1. The van der Waals surface area contributed by atoms with Crippen molar-refractivity contribution in [2.45, 2.75) is 12.8 Å². The lowest BCUT2D eigenvalue weighted by molar-refractivity contribution is -0.119. The van der Waals surface area contributed by atoms with Crippen molar-refractivity contribution in [1.82, 2.24) is 5.32 Å².